The van der Waals surface area contributed by atoms with Gasteiger partial charge >= 0.3 is 0 Å². The summed E-state index contributed by atoms with van der Waals surface area (Å²) in [5.74, 6) is 1.24. The fourth-order valence-electron chi connectivity index (χ4n) is 2.18. The largest absolute Gasteiger partial charge is 0.493 e. The average molecular weight is 267 g/mol. The summed E-state index contributed by atoms with van der Waals surface area (Å²) in [6, 6.07) is 5.04. The lowest BCUT2D eigenvalue weighted by Gasteiger charge is -2.26. The predicted molar refractivity (Wildman–Crippen MR) is 71.5 cm³/mol. The summed E-state index contributed by atoms with van der Waals surface area (Å²) in [4.78, 5) is 0. The first-order valence-corrected chi connectivity index (χ1v) is 6.54. The number of rotatable bonds is 5. The Morgan fingerprint density at radius 2 is 2.37 bits per heavy atom. The zero-order valence-electron chi connectivity index (χ0n) is 11.2. The second-order valence-corrected chi connectivity index (χ2v) is 4.62. The van der Waals surface area contributed by atoms with Crippen LogP contribution in [0.4, 0.5) is 0 Å². The molecule has 0 spiro atoms. The maximum atomic E-state index is 9.24. The van der Waals surface area contributed by atoms with E-state index in [1.807, 2.05) is 18.2 Å². The fourth-order valence-corrected chi connectivity index (χ4v) is 2.18. The third kappa shape index (κ3) is 3.37. The number of aliphatic hydroxyl groups is 1. The van der Waals surface area contributed by atoms with E-state index in [0.29, 0.717) is 18.1 Å². The van der Waals surface area contributed by atoms with Gasteiger partial charge in [-0.05, 0) is 18.9 Å². The Morgan fingerprint density at radius 3 is 3.00 bits per heavy atom. The Kier molecular flexibility index (Phi) is 5.01. The molecule has 2 atom stereocenters. The van der Waals surface area contributed by atoms with Gasteiger partial charge in [-0.15, -0.1) is 0 Å². The second kappa shape index (κ2) is 6.75. The number of ether oxygens (including phenoxy) is 3. The van der Waals surface area contributed by atoms with E-state index in [1.54, 1.807) is 7.11 Å². The Balaban J connectivity index is 2.24. The molecule has 0 amide bonds. The first-order chi connectivity index (χ1) is 9.26. The van der Waals surface area contributed by atoms with Crippen LogP contribution in [0.15, 0.2) is 18.2 Å². The van der Waals surface area contributed by atoms with Crippen molar-refractivity contribution in [3.05, 3.63) is 23.8 Å². The van der Waals surface area contributed by atoms with E-state index in [4.69, 9.17) is 19.9 Å². The van der Waals surface area contributed by atoms with Crippen molar-refractivity contribution in [2.45, 2.75) is 25.0 Å². The molecule has 1 aliphatic heterocycles. The predicted octanol–water partition coefficient (Wildman–Crippen LogP) is 1.25. The molecule has 5 nitrogen and oxygen atoms in total. The van der Waals surface area contributed by atoms with Crippen molar-refractivity contribution in [1.29, 1.82) is 0 Å². The lowest BCUT2D eigenvalue weighted by molar-refractivity contribution is 0.00577. The summed E-state index contributed by atoms with van der Waals surface area (Å²) >= 11 is 0. The molecule has 2 unspecified atom stereocenters. The minimum atomic E-state index is -0.477. The van der Waals surface area contributed by atoms with E-state index in [1.165, 1.54) is 0 Å². The van der Waals surface area contributed by atoms with Gasteiger partial charge in [-0.1, -0.05) is 12.1 Å². The highest BCUT2D eigenvalue weighted by molar-refractivity contribution is 5.48. The molecule has 0 aromatic heterocycles. The van der Waals surface area contributed by atoms with Crippen molar-refractivity contribution < 1.29 is 19.3 Å². The number of nitrogens with two attached hydrogens (primary N) is 1. The van der Waals surface area contributed by atoms with Crippen LogP contribution >= 0.6 is 0 Å². The minimum absolute atomic E-state index is 0.00897. The first-order valence-electron chi connectivity index (χ1n) is 6.54. The zero-order valence-corrected chi connectivity index (χ0v) is 11.2. The van der Waals surface area contributed by atoms with Crippen LogP contribution in [-0.4, -0.2) is 38.1 Å². The van der Waals surface area contributed by atoms with Crippen molar-refractivity contribution in [2.75, 3.05) is 26.9 Å². The van der Waals surface area contributed by atoms with Crippen LogP contribution in [0.1, 0.15) is 24.4 Å². The lowest BCUT2D eigenvalue weighted by atomic mass is 10.1. The molecule has 3 N–H and O–H groups in total. The fraction of sp³-hybridized carbons (Fsp3) is 0.571. The van der Waals surface area contributed by atoms with Crippen LogP contribution in [0.25, 0.3) is 0 Å². The van der Waals surface area contributed by atoms with Gasteiger partial charge in [0.25, 0.3) is 0 Å². The normalized spacial score (nSPS) is 20.9. The van der Waals surface area contributed by atoms with E-state index in [9.17, 15) is 5.11 Å². The number of hydrogen-bond acceptors (Lipinski definition) is 5. The molecule has 0 radical (unpaired) electrons. The third-order valence-corrected chi connectivity index (χ3v) is 3.23. The molecule has 1 aromatic carbocycles. The van der Waals surface area contributed by atoms with E-state index >= 15 is 0 Å². The molecule has 19 heavy (non-hydrogen) atoms. The summed E-state index contributed by atoms with van der Waals surface area (Å²) in [6.45, 7) is 1.23. The molecule has 0 aliphatic carbocycles. The van der Waals surface area contributed by atoms with Crippen molar-refractivity contribution in [3.8, 4) is 11.5 Å². The molecule has 1 heterocycles. The minimum Gasteiger partial charge on any atom is -0.493 e. The van der Waals surface area contributed by atoms with E-state index in [2.05, 4.69) is 0 Å². The highest BCUT2D eigenvalue weighted by Gasteiger charge is 2.21. The Morgan fingerprint density at radius 1 is 1.53 bits per heavy atom. The van der Waals surface area contributed by atoms with Gasteiger partial charge < -0.3 is 25.1 Å². The van der Waals surface area contributed by atoms with E-state index < -0.39 is 6.04 Å². The molecule has 2 rings (SSSR count). The Bertz CT molecular complexity index is 404. The highest BCUT2D eigenvalue weighted by atomic mass is 16.5. The standard InChI is InChI=1S/C14H21NO4/c1-17-13-6-2-5-11(12(15)8-16)14(13)19-10-4-3-7-18-9-10/h2,5-6,10,12,16H,3-4,7-9,15H2,1H3. The zero-order chi connectivity index (χ0) is 13.7. The Hall–Kier alpha value is -1.30. The summed E-state index contributed by atoms with van der Waals surface area (Å²) < 4.78 is 16.7. The average Bonchev–Trinajstić information content (AvgIpc) is 2.47. The molecule has 0 bridgehead atoms. The van der Waals surface area contributed by atoms with Gasteiger partial charge in [0.1, 0.15) is 6.10 Å². The molecular weight excluding hydrogens is 246 g/mol. The molecule has 5 heteroatoms. The lowest BCUT2D eigenvalue weighted by Crippen LogP contribution is -2.29. The Labute approximate surface area is 113 Å². The monoisotopic (exact) mass is 267 g/mol. The van der Waals surface area contributed by atoms with Crippen LogP contribution in [0.2, 0.25) is 0 Å². The van der Waals surface area contributed by atoms with Crippen molar-refractivity contribution in [1.82, 2.24) is 0 Å². The van der Waals surface area contributed by atoms with Gasteiger partial charge in [-0.25, -0.2) is 0 Å². The second-order valence-electron chi connectivity index (χ2n) is 4.62. The SMILES string of the molecule is COc1cccc(C(N)CO)c1OC1CCCOC1. The van der Waals surface area contributed by atoms with Crippen molar-refractivity contribution >= 4 is 0 Å². The summed E-state index contributed by atoms with van der Waals surface area (Å²) in [6.07, 6.45) is 1.95. The number of para-hydroxylation sites is 1. The van der Waals surface area contributed by atoms with Gasteiger partial charge in [0.05, 0.1) is 26.4 Å². The third-order valence-electron chi connectivity index (χ3n) is 3.23. The molecule has 1 saturated heterocycles. The first kappa shape index (κ1) is 14.1. The van der Waals surface area contributed by atoms with Crippen LogP contribution < -0.4 is 15.2 Å². The molecule has 106 valence electrons. The topological polar surface area (TPSA) is 73.9 Å². The molecule has 1 aromatic rings. The van der Waals surface area contributed by atoms with Gasteiger partial charge in [0, 0.05) is 12.2 Å². The van der Waals surface area contributed by atoms with Crippen LogP contribution in [-0.2, 0) is 4.74 Å². The molecule has 1 aliphatic rings. The van der Waals surface area contributed by atoms with Crippen LogP contribution in [0.3, 0.4) is 0 Å². The van der Waals surface area contributed by atoms with Crippen LogP contribution in [0.5, 0.6) is 11.5 Å². The number of aliphatic hydroxyl groups excluding tert-OH is 1. The number of benzene rings is 1. The quantitative estimate of drug-likeness (QED) is 0.839. The summed E-state index contributed by atoms with van der Waals surface area (Å²) in [5, 5.41) is 9.24. The van der Waals surface area contributed by atoms with Gasteiger partial charge in [-0.2, -0.15) is 0 Å². The van der Waals surface area contributed by atoms with Gasteiger partial charge in [0.15, 0.2) is 11.5 Å². The smallest absolute Gasteiger partial charge is 0.166 e. The van der Waals surface area contributed by atoms with E-state index in [0.717, 1.165) is 25.0 Å². The van der Waals surface area contributed by atoms with Crippen molar-refractivity contribution in [3.63, 3.8) is 0 Å². The molecular formula is C14H21NO4. The maximum absolute atomic E-state index is 9.24. The summed E-state index contributed by atoms with van der Waals surface area (Å²) in [7, 11) is 1.59. The molecule has 1 fully saturated rings. The van der Waals surface area contributed by atoms with Crippen molar-refractivity contribution in [2.24, 2.45) is 5.73 Å². The summed E-state index contributed by atoms with van der Waals surface area (Å²) in [5.41, 5.74) is 6.66. The molecule has 0 saturated carbocycles. The maximum Gasteiger partial charge on any atom is 0.166 e. The van der Waals surface area contributed by atoms with Gasteiger partial charge in [0.2, 0.25) is 0 Å². The van der Waals surface area contributed by atoms with Gasteiger partial charge in [-0.3, -0.25) is 0 Å². The van der Waals surface area contributed by atoms with E-state index in [-0.39, 0.29) is 12.7 Å². The van der Waals surface area contributed by atoms with Crippen LogP contribution in [0, 0.1) is 0 Å². The number of hydrogen-bond donors (Lipinski definition) is 2. The highest BCUT2D eigenvalue weighted by Crippen LogP contribution is 2.35. The number of methoxy groups -OCH3 is 1.